The van der Waals surface area contributed by atoms with Gasteiger partial charge >= 0.3 is 0 Å². The highest BCUT2D eigenvalue weighted by Gasteiger charge is 2.31. The van der Waals surface area contributed by atoms with Gasteiger partial charge in [0.2, 0.25) is 0 Å². The zero-order valence-corrected chi connectivity index (χ0v) is 17.0. The zero-order valence-electron chi connectivity index (χ0n) is 17.0. The van der Waals surface area contributed by atoms with E-state index < -0.39 is 0 Å². The van der Waals surface area contributed by atoms with Crippen LogP contribution in [0.25, 0.3) is 43.3 Å². The van der Waals surface area contributed by atoms with Gasteiger partial charge in [-0.05, 0) is 81.6 Å². The maximum atomic E-state index is 14.0. The molecule has 0 saturated carbocycles. The summed E-state index contributed by atoms with van der Waals surface area (Å²) in [6.07, 6.45) is 0.842. The summed E-state index contributed by atoms with van der Waals surface area (Å²) in [6.45, 7) is 17.3. The van der Waals surface area contributed by atoms with Crippen LogP contribution in [0.2, 0.25) is 0 Å². The number of aryl methyl sites for hydroxylation is 1. The van der Waals surface area contributed by atoms with E-state index in [4.69, 9.17) is 13.1 Å². The van der Waals surface area contributed by atoms with Gasteiger partial charge in [0.05, 0.1) is 25.3 Å². The first-order chi connectivity index (χ1) is 15.5. The topological polar surface area (TPSA) is 56.3 Å². The Morgan fingerprint density at radius 2 is 1.38 bits per heavy atom. The molecule has 32 heavy (non-hydrogen) atoms. The molecule has 0 fully saturated rings. The van der Waals surface area contributed by atoms with Crippen molar-refractivity contribution in [2.75, 3.05) is 0 Å². The average molecular weight is 412 g/mol. The van der Waals surface area contributed by atoms with E-state index >= 15 is 0 Å². The highest BCUT2D eigenvalue weighted by Crippen LogP contribution is 2.40. The Morgan fingerprint density at radius 1 is 0.844 bits per heavy atom. The normalized spacial score (nSPS) is 13.9. The maximum Gasteiger partial charge on any atom is 0.270 e. The van der Waals surface area contributed by atoms with Gasteiger partial charge in [-0.1, -0.05) is 29.8 Å². The molecule has 5 rings (SSSR count). The second-order valence-corrected chi connectivity index (χ2v) is 7.92. The van der Waals surface area contributed by atoms with Gasteiger partial charge in [0.1, 0.15) is 5.82 Å². The van der Waals surface area contributed by atoms with Crippen molar-refractivity contribution >= 4 is 11.4 Å². The SMILES string of the molecule is [C-]#[N+]/C(C#N)=c1/c2c(/c(=C(\C#N)[N+]#[C-])c3c1Cc1cc(F)ccc1-3)-c1ccc(C)cc1C2. The number of fused-ring (bicyclic) bond motifs is 6. The molecule has 0 amide bonds. The maximum absolute atomic E-state index is 14.0. The molecule has 3 aromatic carbocycles. The molecule has 2 aliphatic carbocycles. The van der Waals surface area contributed by atoms with Crippen molar-refractivity contribution in [2.24, 2.45) is 0 Å². The third-order valence-corrected chi connectivity index (χ3v) is 6.22. The number of hydrogen-bond acceptors (Lipinski definition) is 2. The third-order valence-electron chi connectivity index (χ3n) is 6.22. The highest BCUT2D eigenvalue weighted by molar-refractivity contribution is 5.93. The van der Waals surface area contributed by atoms with Crippen LogP contribution in [-0.2, 0) is 12.8 Å². The molecule has 2 aliphatic rings. The van der Waals surface area contributed by atoms with E-state index in [-0.39, 0.29) is 17.2 Å². The van der Waals surface area contributed by atoms with Gasteiger partial charge in [0.15, 0.2) is 0 Å². The Labute approximate surface area is 184 Å². The number of rotatable bonds is 0. The minimum atomic E-state index is -0.377. The van der Waals surface area contributed by atoms with Crippen LogP contribution in [-0.4, -0.2) is 0 Å². The summed E-state index contributed by atoms with van der Waals surface area (Å²) in [7, 11) is 0. The summed E-state index contributed by atoms with van der Waals surface area (Å²) < 4.78 is 14.0. The Kier molecular flexibility index (Phi) is 4.17. The Morgan fingerprint density at radius 3 is 1.94 bits per heavy atom. The molecule has 0 spiro atoms. The van der Waals surface area contributed by atoms with Crippen molar-refractivity contribution < 1.29 is 4.39 Å². The van der Waals surface area contributed by atoms with E-state index in [1.54, 1.807) is 6.07 Å². The third kappa shape index (κ3) is 2.50. The molecule has 0 atom stereocenters. The predicted molar refractivity (Wildman–Crippen MR) is 118 cm³/mol. The van der Waals surface area contributed by atoms with E-state index in [1.807, 2.05) is 31.2 Å². The lowest BCUT2D eigenvalue weighted by Crippen LogP contribution is -2.25. The fraction of sp³-hybridized carbons (Fsp3) is 0.111. The van der Waals surface area contributed by atoms with Crippen molar-refractivity contribution in [2.45, 2.75) is 19.8 Å². The summed E-state index contributed by atoms with van der Waals surface area (Å²) >= 11 is 0. The minimum Gasteiger partial charge on any atom is -0.226 e. The molecule has 148 valence electrons. The molecule has 5 heteroatoms. The van der Waals surface area contributed by atoms with Gasteiger partial charge in [0.25, 0.3) is 11.4 Å². The second-order valence-electron chi connectivity index (χ2n) is 7.92. The van der Waals surface area contributed by atoms with Crippen molar-refractivity contribution in [3.63, 3.8) is 0 Å². The second kappa shape index (κ2) is 6.92. The number of halogens is 1. The molecule has 0 aliphatic heterocycles. The molecule has 4 nitrogen and oxygen atoms in total. The van der Waals surface area contributed by atoms with Crippen LogP contribution >= 0.6 is 0 Å². The largest absolute Gasteiger partial charge is 0.270 e. The lowest BCUT2D eigenvalue weighted by atomic mass is 9.90. The number of hydrogen-bond donors (Lipinski definition) is 0. The van der Waals surface area contributed by atoms with E-state index in [1.165, 1.54) is 12.1 Å². The number of nitrogens with zero attached hydrogens (tertiary/aromatic N) is 4. The van der Waals surface area contributed by atoms with Crippen molar-refractivity contribution in [3.8, 4) is 34.4 Å². The van der Waals surface area contributed by atoms with Gasteiger partial charge < -0.3 is 0 Å². The lowest BCUT2D eigenvalue weighted by molar-refractivity contribution is 0.626. The van der Waals surface area contributed by atoms with E-state index in [0.29, 0.717) is 34.4 Å². The van der Waals surface area contributed by atoms with Crippen molar-refractivity contribution in [1.29, 1.82) is 10.5 Å². The van der Waals surface area contributed by atoms with E-state index in [9.17, 15) is 14.9 Å². The average Bonchev–Trinajstić information content (AvgIpc) is 3.33. The minimum absolute atomic E-state index is 0.0248. The van der Waals surface area contributed by atoms with Gasteiger partial charge in [-0.2, -0.15) is 0 Å². The first kappa shape index (κ1) is 19.3. The molecular formula is C27H13FN4. The summed E-state index contributed by atoms with van der Waals surface area (Å²) in [6, 6.07) is 14.5. The monoisotopic (exact) mass is 412 g/mol. The van der Waals surface area contributed by atoms with Crippen molar-refractivity contribution in [3.05, 3.63) is 103 Å². The molecule has 0 aromatic heterocycles. The van der Waals surface area contributed by atoms with Gasteiger partial charge in [-0.25, -0.2) is 24.6 Å². The van der Waals surface area contributed by atoms with Crippen molar-refractivity contribution in [1.82, 2.24) is 0 Å². The van der Waals surface area contributed by atoms with Gasteiger partial charge in [-0.15, -0.1) is 0 Å². The summed E-state index contributed by atoms with van der Waals surface area (Å²) in [5.74, 6) is -0.377. The molecule has 0 bridgehead atoms. The number of benzene rings is 3. The highest BCUT2D eigenvalue weighted by atomic mass is 19.1. The summed E-state index contributed by atoms with van der Waals surface area (Å²) in [4.78, 5) is 7.03. The van der Waals surface area contributed by atoms with Crippen LogP contribution in [0, 0.1) is 48.5 Å². The van der Waals surface area contributed by atoms with Crippen LogP contribution in [0.4, 0.5) is 4.39 Å². The first-order valence-electron chi connectivity index (χ1n) is 9.92. The summed E-state index contributed by atoms with van der Waals surface area (Å²) in [5, 5.41) is 20.7. The van der Waals surface area contributed by atoms with Crippen LogP contribution < -0.4 is 10.4 Å². The van der Waals surface area contributed by atoms with Gasteiger partial charge in [-0.3, -0.25) is 0 Å². The predicted octanol–water partition coefficient (Wildman–Crippen LogP) is 4.38. The first-order valence-corrected chi connectivity index (χ1v) is 9.92. The number of nitriles is 2. The molecule has 0 unspecified atom stereocenters. The van der Waals surface area contributed by atoms with Crippen LogP contribution in [0.15, 0.2) is 36.4 Å². The Bertz CT molecular complexity index is 1560. The fourth-order valence-corrected chi connectivity index (χ4v) is 5.05. The van der Waals surface area contributed by atoms with E-state index in [2.05, 4.69) is 15.8 Å². The molecule has 3 aromatic rings. The standard InChI is InChI=1S/C27H13FN4/c1-14-4-6-18-15(8-14)10-20-24(22(12-29)31-2)21-11-16-9-17(28)5-7-19(16)26(21)27(25(18)20)23(13-30)32-3/h4-9H,10-11H2,1H3/b24-22-,27-23-. The zero-order chi connectivity index (χ0) is 22.6. The fourth-order valence-electron chi connectivity index (χ4n) is 5.05. The lowest BCUT2D eigenvalue weighted by Gasteiger charge is -2.13. The molecule has 0 radical (unpaired) electrons. The van der Waals surface area contributed by atoms with Crippen LogP contribution in [0.5, 0.6) is 0 Å². The van der Waals surface area contributed by atoms with E-state index in [0.717, 1.165) is 38.9 Å². The van der Waals surface area contributed by atoms with Gasteiger partial charge in [0, 0.05) is 5.22 Å². The Balaban J connectivity index is 2.13. The molecule has 0 saturated heterocycles. The molecule has 0 N–H and O–H groups in total. The molecular weight excluding hydrogens is 399 g/mol. The smallest absolute Gasteiger partial charge is 0.226 e. The van der Waals surface area contributed by atoms with Crippen LogP contribution in [0.3, 0.4) is 0 Å². The van der Waals surface area contributed by atoms with Crippen LogP contribution in [0.1, 0.15) is 27.8 Å². The Hall–Kier alpha value is -4.71. The molecule has 0 heterocycles. The summed E-state index contributed by atoms with van der Waals surface area (Å²) in [5.41, 5.74) is 7.30. The quantitative estimate of drug-likeness (QED) is 0.355.